The van der Waals surface area contributed by atoms with Crippen LogP contribution in [0.15, 0.2) is 11.4 Å². The molecule has 1 heterocycles. The molecule has 1 aromatic rings. The molecule has 0 saturated heterocycles. The molecular weight excluding hydrogens is 127 g/mol. The molecule has 0 atom stereocenters. The molecule has 0 radical (unpaired) electrons. The summed E-state index contributed by atoms with van der Waals surface area (Å²) in [5.41, 5.74) is 5.25. The quantitative estimate of drug-likeness (QED) is 0.311. The predicted octanol–water partition coefficient (Wildman–Crippen LogP) is -0.174. The molecule has 1 rings (SSSR count). The van der Waals surface area contributed by atoms with E-state index >= 15 is 0 Å². The fourth-order valence-electron chi connectivity index (χ4n) is 0.649. The van der Waals surface area contributed by atoms with Crippen LogP contribution in [0.5, 0.6) is 0 Å². The second-order valence-electron chi connectivity index (χ2n) is 1.85. The van der Waals surface area contributed by atoms with Gasteiger partial charge in [0.15, 0.2) is 0 Å². The molecule has 0 unspecified atom stereocenters. The van der Waals surface area contributed by atoms with Crippen molar-refractivity contribution in [1.82, 2.24) is 0 Å². The van der Waals surface area contributed by atoms with Crippen molar-refractivity contribution in [3.05, 3.63) is 16.3 Å². The summed E-state index contributed by atoms with van der Waals surface area (Å²) in [6.45, 7) is 0. The molecule has 4 heteroatoms. The molecule has 3 N–H and O–H groups in total. The Morgan fingerprint density at radius 1 is 1.78 bits per heavy atom. The van der Waals surface area contributed by atoms with E-state index < -0.39 is 0 Å². The number of nitrogens with two attached hydrogens (primary N) is 1. The van der Waals surface area contributed by atoms with Crippen LogP contribution >= 0.6 is 11.3 Å². The number of nitrogen functional groups attached to an aromatic ring is 1. The van der Waals surface area contributed by atoms with Gasteiger partial charge in [-0.2, -0.15) is 0 Å². The van der Waals surface area contributed by atoms with E-state index in [-0.39, 0.29) is 5.84 Å². The van der Waals surface area contributed by atoms with Gasteiger partial charge in [0.1, 0.15) is 0 Å². The van der Waals surface area contributed by atoms with Gasteiger partial charge in [-0.1, -0.05) is 0 Å². The maximum absolute atomic E-state index is 7.08. The Kier molecular flexibility index (Phi) is 1.96. The molecule has 0 saturated carbocycles. The van der Waals surface area contributed by atoms with Crippen molar-refractivity contribution >= 4 is 39.1 Å². The van der Waals surface area contributed by atoms with Crippen molar-refractivity contribution in [3.8, 4) is 0 Å². The Morgan fingerprint density at radius 2 is 2.44 bits per heavy atom. The molecule has 1 aromatic heterocycles. The van der Waals surface area contributed by atoms with E-state index in [1.54, 1.807) is 0 Å². The Balaban J connectivity index is 3.08. The number of thiophene rings is 1. The van der Waals surface area contributed by atoms with Gasteiger partial charge in [0.25, 0.3) is 0 Å². The second-order valence-corrected chi connectivity index (χ2v) is 2.76. The van der Waals surface area contributed by atoms with E-state index in [1.165, 1.54) is 11.3 Å². The number of rotatable bonds is 1. The summed E-state index contributed by atoms with van der Waals surface area (Å²) < 4.78 is 1.09. The van der Waals surface area contributed by atoms with Gasteiger partial charge in [-0.25, -0.2) is 0 Å². The zero-order valence-electron chi connectivity index (χ0n) is 5.14. The number of hydrogen-bond acceptors (Lipinski definition) is 2. The van der Waals surface area contributed by atoms with Crippen LogP contribution in [-0.4, -0.2) is 23.6 Å². The third kappa shape index (κ3) is 1.36. The van der Waals surface area contributed by atoms with Crippen molar-refractivity contribution in [2.24, 2.45) is 5.73 Å². The summed E-state index contributed by atoms with van der Waals surface area (Å²) in [4.78, 5) is 0.884. The van der Waals surface area contributed by atoms with E-state index in [9.17, 15) is 0 Å². The van der Waals surface area contributed by atoms with E-state index in [0.29, 0.717) is 0 Å². The summed E-state index contributed by atoms with van der Waals surface area (Å²) in [7, 11) is 0. The molecule has 0 aliphatic carbocycles. The first kappa shape index (κ1) is 6.88. The van der Waals surface area contributed by atoms with Gasteiger partial charge in [-0.15, -0.1) is 0 Å². The van der Waals surface area contributed by atoms with Crippen molar-refractivity contribution in [2.45, 2.75) is 0 Å². The van der Waals surface area contributed by atoms with Gasteiger partial charge < -0.3 is 0 Å². The second kappa shape index (κ2) is 2.57. The zero-order valence-corrected chi connectivity index (χ0v) is 5.96. The fraction of sp³-hybridized carbons (Fsp3) is 0. The van der Waals surface area contributed by atoms with Crippen LogP contribution in [0, 0.1) is 5.41 Å². The van der Waals surface area contributed by atoms with Crippen LogP contribution in [0.1, 0.15) is 4.88 Å². The minimum absolute atomic E-state index is 0.169. The number of nitrogens with one attached hydrogen (secondary N) is 1. The standard InChI is InChI=1S/C5H5N2S.Li/c6-5(7)4-2-1-3-8-4;/h1,3H,(H3,6,7);. The predicted molar refractivity (Wildman–Crippen MR) is 40.7 cm³/mol. The van der Waals surface area contributed by atoms with Gasteiger partial charge >= 0.3 is 66.6 Å². The Labute approximate surface area is 66.8 Å². The first-order valence-corrected chi connectivity index (χ1v) is 3.48. The van der Waals surface area contributed by atoms with Crippen LogP contribution in [0.3, 0.4) is 0 Å². The van der Waals surface area contributed by atoms with Gasteiger partial charge in [0.2, 0.25) is 0 Å². The van der Waals surface area contributed by atoms with Crippen molar-refractivity contribution in [1.29, 1.82) is 5.41 Å². The van der Waals surface area contributed by atoms with Crippen LogP contribution in [0.25, 0.3) is 0 Å². The summed E-state index contributed by atoms with van der Waals surface area (Å²) in [5.74, 6) is 0.169. The van der Waals surface area contributed by atoms with Crippen LogP contribution in [0.2, 0.25) is 0 Å². The van der Waals surface area contributed by atoms with E-state index in [0.717, 1.165) is 9.11 Å². The summed E-state index contributed by atoms with van der Waals surface area (Å²) in [6, 6.07) is 1.96. The topological polar surface area (TPSA) is 49.9 Å². The third-order valence-corrected chi connectivity index (χ3v) is 2.16. The molecule has 0 aliphatic rings. The van der Waals surface area contributed by atoms with Crippen molar-refractivity contribution < 1.29 is 0 Å². The SMILES string of the molecule is [Li][c]1ccsc1C(=N)N. The summed E-state index contributed by atoms with van der Waals surface area (Å²) >= 11 is 3.46. The van der Waals surface area contributed by atoms with Crippen LogP contribution in [0.4, 0.5) is 0 Å². The average molecular weight is 132 g/mol. The van der Waals surface area contributed by atoms with Crippen LogP contribution < -0.4 is 9.97 Å². The van der Waals surface area contributed by atoms with Crippen molar-refractivity contribution in [3.63, 3.8) is 0 Å². The van der Waals surface area contributed by atoms with E-state index in [1.807, 2.05) is 29.2 Å². The van der Waals surface area contributed by atoms with Crippen molar-refractivity contribution in [2.75, 3.05) is 0 Å². The van der Waals surface area contributed by atoms with Gasteiger partial charge in [-0.3, -0.25) is 0 Å². The molecule has 2 nitrogen and oxygen atoms in total. The van der Waals surface area contributed by atoms with Gasteiger partial charge in [0.05, 0.1) is 0 Å². The molecular formula is C5H5LiN2S. The Morgan fingerprint density at radius 3 is 2.67 bits per heavy atom. The van der Waals surface area contributed by atoms with Crippen LogP contribution in [-0.2, 0) is 0 Å². The van der Waals surface area contributed by atoms with Gasteiger partial charge in [-0.05, 0) is 0 Å². The first-order valence-electron chi connectivity index (χ1n) is 2.60. The molecule has 0 aromatic carbocycles. The first-order chi connectivity index (χ1) is 4.22. The number of hydrogen-bond donors (Lipinski definition) is 2. The third-order valence-electron chi connectivity index (χ3n) is 1.11. The number of amidine groups is 1. The molecule has 9 heavy (non-hydrogen) atoms. The molecule has 0 bridgehead atoms. The zero-order chi connectivity index (χ0) is 6.85. The summed E-state index contributed by atoms with van der Waals surface area (Å²) in [6.07, 6.45) is 0. The summed E-state index contributed by atoms with van der Waals surface area (Å²) in [5, 5.41) is 9.02. The molecule has 0 amide bonds. The Bertz CT molecular complexity index is 231. The van der Waals surface area contributed by atoms with E-state index in [4.69, 9.17) is 11.1 Å². The minimum atomic E-state index is 0.169. The molecule has 42 valence electrons. The fourth-order valence-corrected chi connectivity index (χ4v) is 1.44. The maximum atomic E-state index is 7.08. The van der Waals surface area contributed by atoms with E-state index in [2.05, 4.69) is 0 Å². The average Bonchev–Trinajstić information content (AvgIpc) is 2.13. The molecule has 0 spiro atoms. The Hall–Kier alpha value is -0.233. The normalized spacial score (nSPS) is 9.56. The molecule has 0 fully saturated rings. The molecule has 0 aliphatic heterocycles. The monoisotopic (exact) mass is 132 g/mol. The van der Waals surface area contributed by atoms with Gasteiger partial charge in [0, 0.05) is 0 Å².